The molecule has 2 aromatic rings. The maximum atomic E-state index is 13.9. The van der Waals surface area contributed by atoms with Gasteiger partial charge in [-0.3, -0.25) is 9.59 Å². The van der Waals surface area contributed by atoms with Crippen molar-refractivity contribution in [2.45, 2.75) is 31.7 Å². The van der Waals surface area contributed by atoms with E-state index in [0.717, 1.165) is 37.8 Å². The maximum absolute atomic E-state index is 13.9. The number of nitrogens with one attached hydrogen (secondary N) is 1. The molecule has 1 saturated heterocycles. The number of likely N-dealkylation sites (tertiary alicyclic amines) is 1. The molecule has 1 heterocycles. The van der Waals surface area contributed by atoms with Gasteiger partial charge in [0.25, 0.3) is 11.8 Å². The van der Waals surface area contributed by atoms with Crippen molar-refractivity contribution in [2.24, 2.45) is 5.92 Å². The Kier molecular flexibility index (Phi) is 5.97. The van der Waals surface area contributed by atoms with Gasteiger partial charge in [0.15, 0.2) is 0 Å². The van der Waals surface area contributed by atoms with Crippen LogP contribution in [-0.4, -0.2) is 42.5 Å². The SMILES string of the molecule is O=C(NC1CC1)c1ccc(OC[C@H]2CCCN(C(=O)c3c(F)cccc3F)C2)cc1. The fourth-order valence-corrected chi connectivity index (χ4v) is 3.66. The molecule has 30 heavy (non-hydrogen) atoms. The summed E-state index contributed by atoms with van der Waals surface area (Å²) in [5.41, 5.74) is 0.0923. The van der Waals surface area contributed by atoms with Crippen LogP contribution in [0.25, 0.3) is 0 Å². The number of piperidine rings is 1. The number of hydrogen-bond donors (Lipinski definition) is 1. The molecule has 2 fully saturated rings. The molecule has 0 bridgehead atoms. The van der Waals surface area contributed by atoms with Crippen molar-refractivity contribution < 1.29 is 23.1 Å². The van der Waals surface area contributed by atoms with Crippen LogP contribution >= 0.6 is 0 Å². The van der Waals surface area contributed by atoms with E-state index in [1.807, 2.05) is 0 Å². The van der Waals surface area contributed by atoms with E-state index in [2.05, 4.69) is 5.32 Å². The lowest BCUT2D eigenvalue weighted by Gasteiger charge is -2.32. The van der Waals surface area contributed by atoms with Crippen molar-refractivity contribution in [1.82, 2.24) is 10.2 Å². The van der Waals surface area contributed by atoms with Crippen molar-refractivity contribution in [2.75, 3.05) is 19.7 Å². The minimum atomic E-state index is -0.843. The van der Waals surface area contributed by atoms with E-state index in [9.17, 15) is 18.4 Å². The summed E-state index contributed by atoms with van der Waals surface area (Å²) in [7, 11) is 0. The molecule has 0 aromatic heterocycles. The summed E-state index contributed by atoms with van der Waals surface area (Å²) >= 11 is 0. The Balaban J connectivity index is 1.32. The molecular formula is C23H24F2N2O3. The zero-order valence-corrected chi connectivity index (χ0v) is 16.6. The fraction of sp³-hybridized carbons (Fsp3) is 0.391. The van der Waals surface area contributed by atoms with Crippen molar-refractivity contribution in [1.29, 1.82) is 0 Å². The summed E-state index contributed by atoms with van der Waals surface area (Å²) < 4.78 is 33.7. The molecule has 1 saturated carbocycles. The van der Waals surface area contributed by atoms with E-state index >= 15 is 0 Å². The Morgan fingerprint density at radius 3 is 2.40 bits per heavy atom. The lowest BCUT2D eigenvalue weighted by atomic mass is 9.98. The maximum Gasteiger partial charge on any atom is 0.259 e. The van der Waals surface area contributed by atoms with Crippen LogP contribution in [-0.2, 0) is 0 Å². The van der Waals surface area contributed by atoms with Crippen LogP contribution in [0.4, 0.5) is 8.78 Å². The molecule has 7 heteroatoms. The predicted molar refractivity (Wildman–Crippen MR) is 107 cm³/mol. The van der Waals surface area contributed by atoms with Crippen LogP contribution in [0.3, 0.4) is 0 Å². The molecule has 2 aliphatic rings. The summed E-state index contributed by atoms with van der Waals surface area (Å²) in [6.45, 7) is 1.24. The molecule has 2 aromatic carbocycles. The zero-order chi connectivity index (χ0) is 21.1. The Labute approximate surface area is 174 Å². The molecule has 1 aliphatic heterocycles. The fourth-order valence-electron chi connectivity index (χ4n) is 3.66. The third-order valence-electron chi connectivity index (χ3n) is 5.50. The quantitative estimate of drug-likeness (QED) is 0.783. The third kappa shape index (κ3) is 4.78. The van der Waals surface area contributed by atoms with E-state index in [1.54, 1.807) is 24.3 Å². The standard InChI is InChI=1S/C23H24F2N2O3/c24-19-4-1-5-20(25)21(19)23(29)27-12-2-3-15(13-27)14-30-18-10-6-16(7-11-18)22(28)26-17-8-9-17/h1,4-7,10-11,15,17H,2-3,8-9,12-14H2,(H,26,28)/t15-/m0/s1. The lowest BCUT2D eigenvalue weighted by Crippen LogP contribution is -2.42. The molecule has 4 rings (SSSR count). The number of hydrogen-bond acceptors (Lipinski definition) is 3. The lowest BCUT2D eigenvalue weighted by molar-refractivity contribution is 0.0623. The number of amides is 2. The summed E-state index contributed by atoms with van der Waals surface area (Å²) in [6.07, 6.45) is 3.69. The number of carbonyl (C=O) groups is 2. The number of carbonyl (C=O) groups excluding carboxylic acids is 2. The second-order valence-electron chi connectivity index (χ2n) is 7.94. The zero-order valence-electron chi connectivity index (χ0n) is 16.6. The van der Waals surface area contributed by atoms with Crippen LogP contribution < -0.4 is 10.1 Å². The van der Waals surface area contributed by atoms with Gasteiger partial charge in [0.05, 0.1) is 6.61 Å². The van der Waals surface area contributed by atoms with E-state index < -0.39 is 23.1 Å². The van der Waals surface area contributed by atoms with Gasteiger partial charge in [-0.15, -0.1) is 0 Å². The van der Waals surface area contributed by atoms with Crippen molar-refractivity contribution in [3.8, 4) is 5.75 Å². The first kappa shape index (κ1) is 20.3. The van der Waals surface area contributed by atoms with E-state index in [-0.39, 0.29) is 11.8 Å². The second kappa shape index (κ2) is 8.81. The minimum absolute atomic E-state index is 0.0652. The highest BCUT2D eigenvalue weighted by Gasteiger charge is 2.28. The minimum Gasteiger partial charge on any atom is -0.493 e. The first-order valence-corrected chi connectivity index (χ1v) is 10.3. The van der Waals surface area contributed by atoms with Crippen LogP contribution in [0.1, 0.15) is 46.4 Å². The molecule has 5 nitrogen and oxygen atoms in total. The van der Waals surface area contributed by atoms with Gasteiger partial charge < -0.3 is 15.0 Å². The number of rotatable bonds is 6. The summed E-state index contributed by atoms with van der Waals surface area (Å²) in [4.78, 5) is 26.1. The summed E-state index contributed by atoms with van der Waals surface area (Å²) in [5, 5.41) is 2.94. The van der Waals surface area contributed by atoms with Gasteiger partial charge >= 0.3 is 0 Å². The second-order valence-corrected chi connectivity index (χ2v) is 7.94. The smallest absolute Gasteiger partial charge is 0.259 e. The first-order valence-electron chi connectivity index (χ1n) is 10.3. The van der Waals surface area contributed by atoms with Gasteiger partial charge in [0.2, 0.25) is 0 Å². The Morgan fingerprint density at radius 1 is 1.03 bits per heavy atom. The molecule has 0 spiro atoms. The Morgan fingerprint density at radius 2 is 1.73 bits per heavy atom. The van der Waals surface area contributed by atoms with Crippen LogP contribution in [0, 0.1) is 17.6 Å². The first-order chi connectivity index (χ1) is 14.5. The van der Waals surface area contributed by atoms with Crippen LogP contribution in [0.15, 0.2) is 42.5 Å². The van der Waals surface area contributed by atoms with Gasteiger partial charge in [-0.05, 0) is 62.1 Å². The Bertz CT molecular complexity index is 908. The highest BCUT2D eigenvalue weighted by molar-refractivity contribution is 5.95. The highest BCUT2D eigenvalue weighted by Crippen LogP contribution is 2.23. The average Bonchev–Trinajstić information content (AvgIpc) is 3.56. The topological polar surface area (TPSA) is 58.6 Å². The molecule has 158 valence electrons. The molecular weight excluding hydrogens is 390 g/mol. The normalized spacial score (nSPS) is 18.7. The molecule has 1 atom stereocenters. The number of nitrogens with zero attached hydrogens (tertiary/aromatic N) is 1. The van der Waals surface area contributed by atoms with Crippen molar-refractivity contribution in [3.63, 3.8) is 0 Å². The predicted octanol–water partition coefficient (Wildman–Crippen LogP) is 3.79. The highest BCUT2D eigenvalue weighted by atomic mass is 19.1. The average molecular weight is 414 g/mol. The van der Waals surface area contributed by atoms with Gasteiger partial charge in [-0.2, -0.15) is 0 Å². The van der Waals surface area contributed by atoms with Gasteiger partial charge in [-0.1, -0.05) is 6.07 Å². The summed E-state index contributed by atoms with van der Waals surface area (Å²) in [5.74, 6) is -1.68. The van der Waals surface area contributed by atoms with E-state index in [4.69, 9.17) is 4.74 Å². The molecule has 1 N–H and O–H groups in total. The van der Waals surface area contributed by atoms with Crippen molar-refractivity contribution in [3.05, 3.63) is 65.2 Å². The third-order valence-corrected chi connectivity index (χ3v) is 5.50. The van der Waals surface area contributed by atoms with Crippen LogP contribution in [0.5, 0.6) is 5.75 Å². The van der Waals surface area contributed by atoms with E-state index in [1.165, 1.54) is 11.0 Å². The molecule has 2 amide bonds. The van der Waals surface area contributed by atoms with Crippen LogP contribution in [0.2, 0.25) is 0 Å². The van der Waals surface area contributed by atoms with E-state index in [0.29, 0.717) is 37.1 Å². The Hall–Kier alpha value is -2.96. The molecule has 1 aliphatic carbocycles. The largest absolute Gasteiger partial charge is 0.493 e. The van der Waals surface area contributed by atoms with Gasteiger partial charge in [0, 0.05) is 30.6 Å². The van der Waals surface area contributed by atoms with Gasteiger partial charge in [-0.25, -0.2) is 8.78 Å². The van der Waals surface area contributed by atoms with Gasteiger partial charge in [0.1, 0.15) is 22.9 Å². The number of ether oxygens (including phenoxy) is 1. The summed E-state index contributed by atoms with van der Waals surface area (Å²) in [6, 6.07) is 10.7. The number of halogens is 2. The molecule has 0 radical (unpaired) electrons. The van der Waals surface area contributed by atoms with Crippen molar-refractivity contribution >= 4 is 11.8 Å². The molecule has 0 unspecified atom stereocenters. The number of benzene rings is 2. The monoisotopic (exact) mass is 414 g/mol.